The van der Waals surface area contributed by atoms with Gasteiger partial charge in [-0.25, -0.2) is 13.1 Å². The van der Waals surface area contributed by atoms with E-state index >= 15 is 0 Å². The molecule has 0 aromatic carbocycles. The number of alkyl halides is 3. The van der Waals surface area contributed by atoms with Crippen molar-refractivity contribution in [2.75, 3.05) is 23.0 Å². The van der Waals surface area contributed by atoms with Crippen LogP contribution in [0.15, 0.2) is 30.7 Å². The van der Waals surface area contributed by atoms with Crippen LogP contribution in [0.1, 0.15) is 25.5 Å². The summed E-state index contributed by atoms with van der Waals surface area (Å²) in [4.78, 5) is 13.8. The molecule has 160 valence electrons. The summed E-state index contributed by atoms with van der Waals surface area (Å²) >= 11 is 0. The van der Waals surface area contributed by atoms with E-state index in [0.29, 0.717) is 21.8 Å². The van der Waals surface area contributed by atoms with E-state index in [9.17, 15) is 31.6 Å². The first-order chi connectivity index (χ1) is 13.4. The quantitative estimate of drug-likeness (QED) is 0.467. The molecule has 0 spiro atoms. The number of nitrogens with zero attached hydrogens (tertiary/aromatic N) is 4. The highest BCUT2D eigenvalue weighted by atomic mass is 32.2. The number of anilines is 1. The molecule has 2 heterocycles. The first-order valence-electron chi connectivity index (χ1n) is 8.75. The van der Waals surface area contributed by atoms with Crippen molar-refractivity contribution in [1.29, 1.82) is 0 Å². The molecule has 2 rings (SSSR count). The molecule has 0 aliphatic heterocycles. The Labute approximate surface area is 166 Å². The van der Waals surface area contributed by atoms with Gasteiger partial charge >= 0.3 is 6.18 Å². The van der Waals surface area contributed by atoms with E-state index in [-0.39, 0.29) is 6.54 Å². The maximum absolute atomic E-state index is 12.5. The third-order valence-corrected chi connectivity index (χ3v) is 5.78. The van der Waals surface area contributed by atoms with E-state index < -0.39 is 46.3 Å². The van der Waals surface area contributed by atoms with Gasteiger partial charge in [-0.3, -0.25) is 4.79 Å². The van der Waals surface area contributed by atoms with Crippen LogP contribution in [-0.2, 0) is 14.6 Å². The van der Waals surface area contributed by atoms with E-state index in [4.69, 9.17) is 0 Å². The number of aryl methyl sites for hydroxylation is 1. The summed E-state index contributed by atoms with van der Waals surface area (Å²) in [5, 5.41) is 15.7. The first kappa shape index (κ1) is 22.7. The van der Waals surface area contributed by atoms with Gasteiger partial charge in [0.25, 0.3) is 0 Å². The fourth-order valence-electron chi connectivity index (χ4n) is 2.66. The number of sulfone groups is 1. The summed E-state index contributed by atoms with van der Waals surface area (Å²) in [5.74, 6) is -2.26. The lowest BCUT2D eigenvalue weighted by atomic mass is 10.3. The summed E-state index contributed by atoms with van der Waals surface area (Å²) in [6, 6.07) is 3.18. The summed E-state index contributed by atoms with van der Waals surface area (Å²) in [6.07, 6.45) is -2.32. The molecule has 1 amide bonds. The summed E-state index contributed by atoms with van der Waals surface area (Å²) < 4.78 is 62.3. The van der Waals surface area contributed by atoms with Gasteiger partial charge < -0.3 is 10.1 Å². The Bertz CT molecular complexity index is 973. The van der Waals surface area contributed by atoms with Crippen LogP contribution in [0.4, 0.5) is 18.9 Å². The minimum atomic E-state index is -4.57. The highest BCUT2D eigenvalue weighted by molar-refractivity contribution is 7.91. The lowest BCUT2D eigenvalue weighted by Gasteiger charge is -2.20. The predicted octanol–water partition coefficient (Wildman–Crippen LogP) is 1.92. The Morgan fingerprint density at radius 2 is 2.03 bits per heavy atom. The second-order valence-electron chi connectivity index (χ2n) is 6.37. The molecule has 0 fully saturated rings. The SMILES string of the molecule is CCN(C(=O)CCS(=O)(=O)CCC(F)(F)F)c1cn(-c2ccc[n+]([O-])c2)nc1C. The van der Waals surface area contributed by atoms with Crippen LogP contribution in [0.2, 0.25) is 0 Å². The summed E-state index contributed by atoms with van der Waals surface area (Å²) in [7, 11) is -4.01. The number of halogens is 3. The van der Waals surface area contributed by atoms with Gasteiger partial charge in [0, 0.05) is 19.0 Å². The number of pyridine rings is 1. The average Bonchev–Trinajstić information content (AvgIpc) is 3.00. The van der Waals surface area contributed by atoms with Crippen molar-refractivity contribution in [2.24, 2.45) is 0 Å². The third-order valence-electron chi connectivity index (χ3n) is 4.13. The van der Waals surface area contributed by atoms with Crippen LogP contribution in [-0.4, -0.2) is 48.3 Å². The molecule has 0 aliphatic carbocycles. The van der Waals surface area contributed by atoms with Gasteiger partial charge in [-0.1, -0.05) is 0 Å². The zero-order valence-corrected chi connectivity index (χ0v) is 16.7. The van der Waals surface area contributed by atoms with Crippen LogP contribution in [0.5, 0.6) is 0 Å². The lowest BCUT2D eigenvalue weighted by Crippen LogP contribution is -2.32. The Kier molecular flexibility index (Phi) is 6.88. The molecular weight excluding hydrogens is 413 g/mol. The van der Waals surface area contributed by atoms with Crippen molar-refractivity contribution in [3.05, 3.63) is 41.6 Å². The minimum absolute atomic E-state index is 0.213. The standard InChI is InChI=1S/C17H21F3N4O4S/c1-3-23(16(25)6-9-29(27,28)10-7-17(18,19)20)15-12-24(21-13(15)2)14-5-4-8-22(26)11-14/h4-5,8,11-12H,3,6-7,9-10H2,1-2H3. The second kappa shape index (κ2) is 8.80. The molecule has 0 unspecified atom stereocenters. The lowest BCUT2D eigenvalue weighted by molar-refractivity contribution is -0.605. The smallest absolute Gasteiger partial charge is 0.390 e. The highest BCUT2D eigenvalue weighted by Crippen LogP contribution is 2.23. The van der Waals surface area contributed by atoms with Gasteiger partial charge in [-0.2, -0.15) is 23.0 Å². The summed E-state index contributed by atoms with van der Waals surface area (Å²) in [6.45, 7) is 3.54. The van der Waals surface area contributed by atoms with Crippen molar-refractivity contribution in [1.82, 2.24) is 9.78 Å². The first-order valence-corrected chi connectivity index (χ1v) is 10.6. The van der Waals surface area contributed by atoms with Crippen LogP contribution in [0.25, 0.3) is 5.69 Å². The van der Waals surface area contributed by atoms with Crippen LogP contribution in [0, 0.1) is 12.1 Å². The predicted molar refractivity (Wildman–Crippen MR) is 99.2 cm³/mol. The Balaban J connectivity index is 2.12. The zero-order valence-electron chi connectivity index (χ0n) is 15.9. The van der Waals surface area contributed by atoms with Crippen LogP contribution >= 0.6 is 0 Å². The molecule has 8 nitrogen and oxygen atoms in total. The van der Waals surface area contributed by atoms with Crippen LogP contribution in [0.3, 0.4) is 0 Å². The van der Waals surface area contributed by atoms with Crippen molar-refractivity contribution < 1.29 is 31.1 Å². The minimum Gasteiger partial charge on any atom is -0.619 e. The second-order valence-corrected chi connectivity index (χ2v) is 8.67. The van der Waals surface area contributed by atoms with Crippen molar-refractivity contribution in [3.8, 4) is 5.69 Å². The van der Waals surface area contributed by atoms with Crippen molar-refractivity contribution in [2.45, 2.75) is 32.9 Å². The Morgan fingerprint density at radius 3 is 2.62 bits per heavy atom. The van der Waals surface area contributed by atoms with E-state index in [2.05, 4.69) is 5.10 Å². The fraction of sp³-hybridized carbons (Fsp3) is 0.471. The molecule has 2 aromatic rings. The van der Waals surface area contributed by atoms with Crippen molar-refractivity contribution in [3.63, 3.8) is 0 Å². The molecule has 0 atom stereocenters. The number of hydrogen-bond donors (Lipinski definition) is 0. The van der Waals surface area contributed by atoms with E-state index in [1.54, 1.807) is 19.9 Å². The number of aromatic nitrogens is 3. The van der Waals surface area contributed by atoms with Gasteiger partial charge in [-0.05, 0) is 19.9 Å². The molecule has 0 bridgehead atoms. The topological polar surface area (TPSA) is 99.2 Å². The van der Waals surface area contributed by atoms with Gasteiger partial charge in [0.2, 0.25) is 12.1 Å². The van der Waals surface area contributed by atoms with Gasteiger partial charge in [0.1, 0.15) is 5.69 Å². The Morgan fingerprint density at radius 1 is 1.34 bits per heavy atom. The number of carbonyl (C=O) groups excluding carboxylic acids is 1. The fourth-order valence-corrected chi connectivity index (χ4v) is 3.89. The number of hydrogen-bond acceptors (Lipinski definition) is 5. The van der Waals surface area contributed by atoms with Crippen LogP contribution < -0.4 is 9.63 Å². The van der Waals surface area contributed by atoms with Gasteiger partial charge in [0.05, 0.1) is 35.5 Å². The van der Waals surface area contributed by atoms with Gasteiger partial charge in [-0.15, -0.1) is 0 Å². The maximum atomic E-state index is 12.5. The molecular formula is C17H21F3N4O4S. The molecule has 2 aromatic heterocycles. The normalized spacial score (nSPS) is 12.2. The monoisotopic (exact) mass is 434 g/mol. The Hall–Kier alpha value is -2.63. The third kappa shape index (κ3) is 6.44. The maximum Gasteiger partial charge on any atom is 0.390 e. The highest BCUT2D eigenvalue weighted by Gasteiger charge is 2.30. The molecule has 0 N–H and O–H groups in total. The van der Waals surface area contributed by atoms with E-state index in [1.165, 1.54) is 34.2 Å². The van der Waals surface area contributed by atoms with E-state index in [1.807, 2.05) is 0 Å². The largest absolute Gasteiger partial charge is 0.619 e. The van der Waals surface area contributed by atoms with Gasteiger partial charge in [0.15, 0.2) is 16.0 Å². The number of carbonyl (C=O) groups is 1. The number of rotatable bonds is 8. The van der Waals surface area contributed by atoms with Crippen molar-refractivity contribution >= 4 is 21.4 Å². The van der Waals surface area contributed by atoms with E-state index in [0.717, 1.165) is 0 Å². The molecule has 29 heavy (non-hydrogen) atoms. The number of amides is 1. The zero-order chi connectivity index (χ0) is 21.8. The summed E-state index contributed by atoms with van der Waals surface area (Å²) in [5.41, 5.74) is 1.36. The molecule has 12 heteroatoms. The molecule has 0 aliphatic rings. The molecule has 0 saturated carbocycles. The average molecular weight is 434 g/mol. The molecule has 0 radical (unpaired) electrons. The molecule has 0 saturated heterocycles.